The van der Waals surface area contributed by atoms with Crippen LogP contribution in [0.3, 0.4) is 0 Å². The van der Waals surface area contributed by atoms with Gasteiger partial charge in [0.05, 0.1) is 19.9 Å². The van der Waals surface area contributed by atoms with Crippen LogP contribution in [0, 0.1) is 5.92 Å². The molecule has 1 heterocycles. The summed E-state index contributed by atoms with van der Waals surface area (Å²) >= 11 is 0. The Morgan fingerprint density at radius 3 is 2.50 bits per heavy atom. The number of carbonyl (C=O) groups excluding carboxylic acids is 3. The molecule has 0 radical (unpaired) electrons. The Morgan fingerprint density at radius 2 is 2.00 bits per heavy atom. The normalized spacial score (nSPS) is 13.7. The number of hydrogen-bond acceptors (Lipinski definition) is 6. The van der Waals surface area contributed by atoms with Gasteiger partial charge in [0.15, 0.2) is 0 Å². The molecule has 0 aliphatic rings. The molecule has 0 aromatic carbocycles. The van der Waals surface area contributed by atoms with Crippen LogP contribution in [-0.4, -0.2) is 46.6 Å². The second kappa shape index (κ2) is 8.47. The number of aromatic amines is 1. The Bertz CT molecular complexity index is 563. The number of nitrogens with one attached hydrogen (secondary N) is 2. The van der Waals surface area contributed by atoms with E-state index in [1.807, 2.05) is 0 Å². The van der Waals surface area contributed by atoms with E-state index in [1.165, 1.54) is 13.4 Å². The lowest BCUT2D eigenvalue weighted by Crippen LogP contribution is -2.45. The van der Waals surface area contributed by atoms with Gasteiger partial charge in [-0.3, -0.25) is 9.59 Å². The minimum atomic E-state index is -0.857. The van der Waals surface area contributed by atoms with Gasteiger partial charge in [-0.2, -0.15) is 0 Å². The molecule has 0 unspecified atom stereocenters. The van der Waals surface area contributed by atoms with E-state index >= 15 is 0 Å². The van der Waals surface area contributed by atoms with Gasteiger partial charge in [0.25, 0.3) is 0 Å². The Kier molecular flexibility index (Phi) is 6.94. The van der Waals surface area contributed by atoms with E-state index in [-0.39, 0.29) is 12.8 Å². The van der Waals surface area contributed by atoms with Crippen LogP contribution < -0.4 is 5.32 Å². The minimum Gasteiger partial charge on any atom is -0.467 e. The number of carbonyl (C=O) groups is 3. The van der Waals surface area contributed by atoms with Gasteiger partial charge in [-0.15, -0.1) is 0 Å². The van der Waals surface area contributed by atoms with Crippen molar-refractivity contribution in [2.75, 3.05) is 7.11 Å². The van der Waals surface area contributed by atoms with E-state index in [4.69, 9.17) is 9.47 Å². The molecule has 1 aromatic rings. The highest BCUT2D eigenvalue weighted by Crippen LogP contribution is 2.12. The summed E-state index contributed by atoms with van der Waals surface area (Å²) in [6, 6.07) is -0.857. The van der Waals surface area contributed by atoms with Gasteiger partial charge in [0.1, 0.15) is 11.6 Å². The second-order valence-electron chi connectivity index (χ2n) is 6.56. The van der Waals surface area contributed by atoms with Crippen LogP contribution in [0.1, 0.15) is 39.8 Å². The summed E-state index contributed by atoms with van der Waals surface area (Å²) < 4.78 is 9.90. The number of esters is 2. The Labute approximate surface area is 141 Å². The van der Waals surface area contributed by atoms with Crippen molar-refractivity contribution in [3.8, 4) is 0 Å². The maximum Gasteiger partial charge on any atom is 0.328 e. The smallest absolute Gasteiger partial charge is 0.328 e. The number of amides is 1. The van der Waals surface area contributed by atoms with Crippen molar-refractivity contribution >= 4 is 17.8 Å². The molecule has 2 N–H and O–H groups in total. The lowest BCUT2D eigenvalue weighted by Gasteiger charge is -2.22. The number of ether oxygens (including phenoxy) is 2. The Balaban J connectivity index is 2.63. The van der Waals surface area contributed by atoms with Crippen LogP contribution in [0.5, 0.6) is 0 Å². The number of H-pyrrole nitrogens is 1. The van der Waals surface area contributed by atoms with Gasteiger partial charge in [-0.05, 0) is 20.8 Å². The summed E-state index contributed by atoms with van der Waals surface area (Å²) in [5, 5.41) is 2.60. The summed E-state index contributed by atoms with van der Waals surface area (Å²) in [5.74, 6) is -2.08. The van der Waals surface area contributed by atoms with E-state index < -0.39 is 35.4 Å². The zero-order valence-corrected chi connectivity index (χ0v) is 14.7. The third-order valence-electron chi connectivity index (χ3n) is 3.12. The number of methoxy groups -OCH3 is 1. The molecule has 0 fully saturated rings. The summed E-state index contributed by atoms with van der Waals surface area (Å²) in [4.78, 5) is 42.6. The molecule has 1 amide bonds. The molecule has 8 heteroatoms. The lowest BCUT2D eigenvalue weighted by molar-refractivity contribution is -0.157. The van der Waals surface area contributed by atoms with E-state index in [2.05, 4.69) is 15.3 Å². The van der Waals surface area contributed by atoms with Gasteiger partial charge in [0.2, 0.25) is 5.91 Å². The fourth-order valence-electron chi connectivity index (χ4n) is 1.99. The largest absolute Gasteiger partial charge is 0.467 e. The Hall–Kier alpha value is -2.38. The second-order valence-corrected chi connectivity index (χ2v) is 6.56. The maximum atomic E-state index is 12.3. The van der Waals surface area contributed by atoms with Crippen LogP contribution in [0.4, 0.5) is 0 Å². The van der Waals surface area contributed by atoms with Crippen LogP contribution in [0.15, 0.2) is 12.5 Å². The summed E-state index contributed by atoms with van der Waals surface area (Å²) in [6.07, 6.45) is 3.20. The highest BCUT2D eigenvalue weighted by molar-refractivity contribution is 5.88. The standard InChI is InChI=1S/C16H25N3O5/c1-10(6-13(20)24-16(2,3)4)14(21)19-12(15(22)23-5)7-11-8-17-9-18-11/h8-10,12H,6-7H2,1-5H3,(H,17,18)(H,19,21)/t10-,12+/m1/s1. The average molecular weight is 339 g/mol. The van der Waals surface area contributed by atoms with E-state index in [9.17, 15) is 14.4 Å². The molecule has 0 saturated heterocycles. The van der Waals surface area contributed by atoms with E-state index in [1.54, 1.807) is 33.9 Å². The molecule has 1 rings (SSSR count). The van der Waals surface area contributed by atoms with Crippen LogP contribution in [0.25, 0.3) is 0 Å². The molecule has 24 heavy (non-hydrogen) atoms. The first kappa shape index (κ1) is 19.7. The number of aromatic nitrogens is 2. The fraction of sp³-hybridized carbons (Fsp3) is 0.625. The first-order valence-corrected chi connectivity index (χ1v) is 7.69. The third-order valence-corrected chi connectivity index (χ3v) is 3.12. The van der Waals surface area contributed by atoms with Crippen LogP contribution in [0.2, 0.25) is 0 Å². The minimum absolute atomic E-state index is 0.0684. The Morgan fingerprint density at radius 1 is 1.33 bits per heavy atom. The van der Waals surface area contributed by atoms with Crippen molar-refractivity contribution in [1.29, 1.82) is 0 Å². The van der Waals surface area contributed by atoms with Crippen LogP contribution in [-0.2, 0) is 30.3 Å². The number of rotatable bonds is 7. The molecule has 0 aliphatic carbocycles. The monoisotopic (exact) mass is 339 g/mol. The average Bonchev–Trinajstić information content (AvgIpc) is 2.96. The molecule has 0 saturated carbocycles. The highest BCUT2D eigenvalue weighted by atomic mass is 16.6. The van der Waals surface area contributed by atoms with Gasteiger partial charge in [0, 0.05) is 24.2 Å². The first-order chi connectivity index (χ1) is 11.1. The third kappa shape index (κ3) is 6.80. The van der Waals surface area contributed by atoms with Crippen molar-refractivity contribution in [2.24, 2.45) is 5.92 Å². The van der Waals surface area contributed by atoms with Gasteiger partial charge < -0.3 is 19.8 Å². The number of imidazole rings is 1. The van der Waals surface area contributed by atoms with E-state index in [0.717, 1.165) is 0 Å². The predicted octanol–water partition coefficient (Wildman–Crippen LogP) is 0.978. The quantitative estimate of drug-likeness (QED) is 0.717. The molecule has 2 atom stereocenters. The molecular weight excluding hydrogens is 314 g/mol. The fourth-order valence-corrected chi connectivity index (χ4v) is 1.99. The zero-order chi connectivity index (χ0) is 18.3. The van der Waals surface area contributed by atoms with Crippen LogP contribution >= 0.6 is 0 Å². The topological polar surface area (TPSA) is 110 Å². The van der Waals surface area contributed by atoms with Crippen molar-refractivity contribution in [3.05, 3.63) is 18.2 Å². The number of hydrogen-bond donors (Lipinski definition) is 2. The van der Waals surface area contributed by atoms with Crippen molar-refractivity contribution in [2.45, 2.75) is 52.2 Å². The molecule has 134 valence electrons. The van der Waals surface area contributed by atoms with Gasteiger partial charge in [-0.25, -0.2) is 9.78 Å². The van der Waals surface area contributed by atoms with E-state index in [0.29, 0.717) is 5.69 Å². The molecule has 8 nitrogen and oxygen atoms in total. The predicted molar refractivity (Wildman–Crippen MR) is 85.9 cm³/mol. The zero-order valence-electron chi connectivity index (χ0n) is 14.7. The SMILES string of the molecule is COC(=O)[C@H](Cc1cnc[nH]1)NC(=O)[C@H](C)CC(=O)OC(C)(C)C. The molecule has 1 aromatic heterocycles. The first-order valence-electron chi connectivity index (χ1n) is 7.69. The summed E-state index contributed by atoms with van der Waals surface area (Å²) in [5.41, 5.74) is 0.0770. The highest BCUT2D eigenvalue weighted by Gasteiger charge is 2.27. The number of nitrogens with zero attached hydrogens (tertiary/aromatic N) is 1. The summed E-state index contributed by atoms with van der Waals surface area (Å²) in [7, 11) is 1.25. The van der Waals surface area contributed by atoms with Gasteiger partial charge in [-0.1, -0.05) is 6.92 Å². The lowest BCUT2D eigenvalue weighted by atomic mass is 10.1. The van der Waals surface area contributed by atoms with Crippen molar-refractivity contribution in [1.82, 2.24) is 15.3 Å². The summed E-state index contributed by atoms with van der Waals surface area (Å²) in [6.45, 7) is 6.87. The molecule has 0 spiro atoms. The molecular formula is C16H25N3O5. The molecule has 0 bridgehead atoms. The van der Waals surface area contributed by atoms with Crippen molar-refractivity contribution in [3.63, 3.8) is 0 Å². The maximum absolute atomic E-state index is 12.3. The molecule has 0 aliphatic heterocycles. The van der Waals surface area contributed by atoms with Gasteiger partial charge >= 0.3 is 11.9 Å². The van der Waals surface area contributed by atoms with Crippen molar-refractivity contribution < 1.29 is 23.9 Å².